The fourth-order valence-electron chi connectivity index (χ4n) is 2.71. The third-order valence-corrected chi connectivity index (χ3v) is 3.83. The van der Waals surface area contributed by atoms with E-state index < -0.39 is 0 Å². The standard InChI is InChI=1S/C16H19N3O3/c1-11-9-14(12(2)21-11)16(20)19-7-3-13(4-8-19)22-15-10-17-5-6-18-15/h5-6,9-10,13H,3-4,7-8H2,1-2H3. The van der Waals surface area contributed by atoms with Gasteiger partial charge in [0, 0.05) is 38.3 Å². The summed E-state index contributed by atoms with van der Waals surface area (Å²) in [6.45, 7) is 5.02. The van der Waals surface area contributed by atoms with Crippen LogP contribution in [0.15, 0.2) is 29.1 Å². The Labute approximate surface area is 129 Å². The Kier molecular flexibility index (Phi) is 4.09. The molecule has 0 radical (unpaired) electrons. The molecule has 0 saturated carbocycles. The van der Waals surface area contributed by atoms with Crippen LogP contribution in [0.1, 0.15) is 34.7 Å². The third kappa shape index (κ3) is 3.10. The monoisotopic (exact) mass is 301 g/mol. The molecular weight excluding hydrogens is 282 g/mol. The number of carbonyl (C=O) groups is 1. The Hall–Kier alpha value is -2.37. The maximum absolute atomic E-state index is 12.5. The number of piperidine rings is 1. The smallest absolute Gasteiger partial charge is 0.257 e. The molecule has 0 bridgehead atoms. The molecule has 0 N–H and O–H groups in total. The average molecular weight is 301 g/mol. The second kappa shape index (κ2) is 6.17. The number of aryl methyl sites for hydroxylation is 2. The number of hydrogen-bond donors (Lipinski definition) is 0. The molecule has 2 aromatic rings. The Bertz CT molecular complexity index is 646. The molecule has 6 nitrogen and oxygen atoms in total. The number of likely N-dealkylation sites (tertiary alicyclic amines) is 1. The van der Waals surface area contributed by atoms with Gasteiger partial charge in [0.15, 0.2) is 0 Å². The molecule has 3 rings (SSSR count). The van der Waals surface area contributed by atoms with E-state index in [0.717, 1.165) is 18.6 Å². The van der Waals surface area contributed by atoms with E-state index in [4.69, 9.17) is 9.15 Å². The van der Waals surface area contributed by atoms with Gasteiger partial charge in [-0.2, -0.15) is 0 Å². The average Bonchev–Trinajstić information content (AvgIpc) is 2.87. The van der Waals surface area contributed by atoms with Crippen LogP contribution in [0, 0.1) is 13.8 Å². The van der Waals surface area contributed by atoms with Gasteiger partial charge in [-0.05, 0) is 19.9 Å². The predicted molar refractivity (Wildman–Crippen MR) is 79.8 cm³/mol. The minimum Gasteiger partial charge on any atom is -0.473 e. The number of nitrogens with zero attached hydrogens (tertiary/aromatic N) is 3. The Balaban J connectivity index is 1.57. The highest BCUT2D eigenvalue weighted by Crippen LogP contribution is 2.21. The first-order valence-corrected chi connectivity index (χ1v) is 7.42. The lowest BCUT2D eigenvalue weighted by atomic mass is 10.1. The highest BCUT2D eigenvalue weighted by atomic mass is 16.5. The summed E-state index contributed by atoms with van der Waals surface area (Å²) in [7, 11) is 0. The maximum atomic E-state index is 12.5. The molecule has 3 heterocycles. The molecule has 0 aliphatic carbocycles. The minimum atomic E-state index is 0.0345. The maximum Gasteiger partial charge on any atom is 0.257 e. The van der Waals surface area contributed by atoms with Crippen LogP contribution in [0.4, 0.5) is 0 Å². The van der Waals surface area contributed by atoms with Crippen LogP contribution in [-0.4, -0.2) is 40.0 Å². The highest BCUT2D eigenvalue weighted by molar-refractivity contribution is 5.95. The number of rotatable bonds is 3. The van der Waals surface area contributed by atoms with Crippen molar-refractivity contribution < 1.29 is 13.9 Å². The second-order valence-corrected chi connectivity index (χ2v) is 5.48. The molecule has 22 heavy (non-hydrogen) atoms. The summed E-state index contributed by atoms with van der Waals surface area (Å²) in [6.07, 6.45) is 6.49. The first kappa shape index (κ1) is 14.6. The van der Waals surface area contributed by atoms with Gasteiger partial charge in [0.05, 0.1) is 11.8 Å². The lowest BCUT2D eigenvalue weighted by Gasteiger charge is -2.31. The molecular formula is C16H19N3O3. The van der Waals surface area contributed by atoms with E-state index in [-0.39, 0.29) is 12.0 Å². The molecule has 6 heteroatoms. The second-order valence-electron chi connectivity index (χ2n) is 5.48. The number of amides is 1. The van der Waals surface area contributed by atoms with Crippen molar-refractivity contribution in [1.29, 1.82) is 0 Å². The Morgan fingerprint density at radius 3 is 2.68 bits per heavy atom. The molecule has 1 fully saturated rings. The molecule has 1 saturated heterocycles. The molecule has 116 valence electrons. The minimum absolute atomic E-state index is 0.0345. The van der Waals surface area contributed by atoms with E-state index in [1.54, 1.807) is 24.7 Å². The molecule has 0 unspecified atom stereocenters. The zero-order valence-electron chi connectivity index (χ0n) is 12.8. The van der Waals surface area contributed by atoms with E-state index in [1.165, 1.54) is 0 Å². The van der Waals surface area contributed by atoms with Crippen LogP contribution in [0.3, 0.4) is 0 Å². The third-order valence-electron chi connectivity index (χ3n) is 3.83. The zero-order chi connectivity index (χ0) is 15.5. The summed E-state index contributed by atoms with van der Waals surface area (Å²) in [5, 5.41) is 0. The van der Waals surface area contributed by atoms with Gasteiger partial charge in [0.1, 0.15) is 17.6 Å². The summed E-state index contributed by atoms with van der Waals surface area (Å²) < 4.78 is 11.2. The fraction of sp³-hybridized carbons (Fsp3) is 0.438. The normalized spacial score (nSPS) is 15.8. The number of hydrogen-bond acceptors (Lipinski definition) is 5. The summed E-state index contributed by atoms with van der Waals surface area (Å²) in [5.74, 6) is 2.02. The van der Waals surface area contributed by atoms with Crippen molar-refractivity contribution in [3.63, 3.8) is 0 Å². The fourth-order valence-corrected chi connectivity index (χ4v) is 2.71. The van der Waals surface area contributed by atoms with Crippen molar-refractivity contribution in [2.24, 2.45) is 0 Å². The molecule has 1 amide bonds. The first-order chi connectivity index (χ1) is 10.6. The van der Waals surface area contributed by atoms with Gasteiger partial charge in [-0.3, -0.25) is 9.78 Å². The lowest BCUT2D eigenvalue weighted by Crippen LogP contribution is -2.41. The topological polar surface area (TPSA) is 68.5 Å². The number of ether oxygens (including phenoxy) is 1. The van der Waals surface area contributed by atoms with Crippen LogP contribution in [0.2, 0.25) is 0 Å². The van der Waals surface area contributed by atoms with Gasteiger partial charge < -0.3 is 14.1 Å². The van der Waals surface area contributed by atoms with Gasteiger partial charge in [0.2, 0.25) is 5.88 Å². The van der Waals surface area contributed by atoms with Gasteiger partial charge >= 0.3 is 0 Å². The molecule has 2 aromatic heterocycles. The van der Waals surface area contributed by atoms with Crippen LogP contribution < -0.4 is 4.74 Å². The van der Waals surface area contributed by atoms with Crippen molar-refractivity contribution in [1.82, 2.24) is 14.9 Å². The number of carbonyl (C=O) groups excluding carboxylic acids is 1. The molecule has 0 atom stereocenters. The Morgan fingerprint density at radius 1 is 1.32 bits per heavy atom. The van der Waals surface area contributed by atoms with Crippen LogP contribution in [0.25, 0.3) is 0 Å². The molecule has 1 aliphatic rings. The van der Waals surface area contributed by atoms with E-state index in [9.17, 15) is 4.79 Å². The van der Waals surface area contributed by atoms with E-state index in [1.807, 2.05) is 18.7 Å². The summed E-state index contributed by atoms with van der Waals surface area (Å²) in [4.78, 5) is 22.5. The zero-order valence-corrected chi connectivity index (χ0v) is 12.8. The van der Waals surface area contributed by atoms with Crippen LogP contribution in [-0.2, 0) is 0 Å². The molecule has 1 aliphatic heterocycles. The quantitative estimate of drug-likeness (QED) is 0.870. The van der Waals surface area contributed by atoms with E-state index in [2.05, 4.69) is 9.97 Å². The number of aromatic nitrogens is 2. The SMILES string of the molecule is Cc1cc(C(=O)N2CCC(Oc3cnccn3)CC2)c(C)o1. The van der Waals surface area contributed by atoms with Crippen molar-refractivity contribution in [3.8, 4) is 5.88 Å². The van der Waals surface area contributed by atoms with Gasteiger partial charge in [0.25, 0.3) is 5.91 Å². The van der Waals surface area contributed by atoms with Crippen LogP contribution >= 0.6 is 0 Å². The summed E-state index contributed by atoms with van der Waals surface area (Å²) in [6, 6.07) is 1.81. The molecule has 0 aromatic carbocycles. The van der Waals surface area contributed by atoms with Gasteiger partial charge in [-0.1, -0.05) is 0 Å². The lowest BCUT2D eigenvalue weighted by molar-refractivity contribution is 0.0585. The van der Waals surface area contributed by atoms with Crippen molar-refractivity contribution >= 4 is 5.91 Å². The van der Waals surface area contributed by atoms with Gasteiger partial charge in [-0.15, -0.1) is 0 Å². The van der Waals surface area contributed by atoms with Crippen molar-refractivity contribution in [3.05, 3.63) is 41.7 Å². The van der Waals surface area contributed by atoms with Crippen LogP contribution in [0.5, 0.6) is 5.88 Å². The van der Waals surface area contributed by atoms with E-state index >= 15 is 0 Å². The van der Waals surface area contributed by atoms with E-state index in [0.29, 0.717) is 30.3 Å². The largest absolute Gasteiger partial charge is 0.473 e. The van der Waals surface area contributed by atoms with Crippen molar-refractivity contribution in [2.45, 2.75) is 32.8 Å². The highest BCUT2D eigenvalue weighted by Gasteiger charge is 2.26. The molecule has 0 spiro atoms. The number of furan rings is 1. The Morgan fingerprint density at radius 2 is 2.09 bits per heavy atom. The first-order valence-electron chi connectivity index (χ1n) is 7.42. The summed E-state index contributed by atoms with van der Waals surface area (Å²) >= 11 is 0. The van der Waals surface area contributed by atoms with Crippen molar-refractivity contribution in [2.75, 3.05) is 13.1 Å². The predicted octanol–water partition coefficient (Wildman–Crippen LogP) is 2.37. The summed E-state index contributed by atoms with van der Waals surface area (Å²) in [5.41, 5.74) is 0.658. The van der Waals surface area contributed by atoms with Gasteiger partial charge in [-0.25, -0.2) is 4.98 Å².